The predicted molar refractivity (Wildman–Crippen MR) is 66.7 cm³/mol. The third-order valence-corrected chi connectivity index (χ3v) is 3.53. The van der Waals surface area contributed by atoms with Gasteiger partial charge in [-0.15, -0.1) is 0 Å². The second-order valence-corrected chi connectivity index (χ2v) is 4.97. The van der Waals surface area contributed by atoms with E-state index in [1.54, 1.807) is 0 Å². The molecule has 0 aromatic heterocycles. The first kappa shape index (κ1) is 11.1. The standard InChI is InChI=1S/C12H17BrN2/c13-11-5-3-4-10(8-11)12(9-14)15-6-1-2-7-15/h3-5,8,12H,1-2,6-7,9,14H2. The van der Waals surface area contributed by atoms with Gasteiger partial charge in [-0.3, -0.25) is 4.90 Å². The van der Waals surface area contributed by atoms with Crippen molar-refractivity contribution in [3.8, 4) is 0 Å². The lowest BCUT2D eigenvalue weighted by Gasteiger charge is -2.26. The summed E-state index contributed by atoms with van der Waals surface area (Å²) in [5.74, 6) is 0. The highest BCUT2D eigenvalue weighted by Crippen LogP contribution is 2.25. The Balaban J connectivity index is 2.18. The molecule has 0 bridgehead atoms. The van der Waals surface area contributed by atoms with E-state index in [1.165, 1.54) is 31.5 Å². The lowest BCUT2D eigenvalue weighted by Crippen LogP contribution is -2.31. The van der Waals surface area contributed by atoms with Gasteiger partial charge in [0.25, 0.3) is 0 Å². The average Bonchev–Trinajstić information content (AvgIpc) is 2.72. The Bertz CT molecular complexity index is 321. The Morgan fingerprint density at radius 1 is 1.33 bits per heavy atom. The molecule has 2 N–H and O–H groups in total. The van der Waals surface area contributed by atoms with Gasteiger partial charge in [-0.1, -0.05) is 28.1 Å². The number of nitrogens with zero attached hydrogens (tertiary/aromatic N) is 1. The largest absolute Gasteiger partial charge is 0.329 e. The molecule has 2 nitrogen and oxygen atoms in total. The Hall–Kier alpha value is -0.380. The highest BCUT2D eigenvalue weighted by atomic mass is 79.9. The first-order valence-electron chi connectivity index (χ1n) is 5.51. The molecule has 1 heterocycles. The molecule has 1 aliphatic rings. The number of hydrogen-bond donors (Lipinski definition) is 1. The number of likely N-dealkylation sites (tertiary alicyclic amines) is 1. The molecule has 1 atom stereocenters. The molecule has 0 aliphatic carbocycles. The number of rotatable bonds is 3. The fourth-order valence-electron chi connectivity index (χ4n) is 2.26. The minimum Gasteiger partial charge on any atom is -0.329 e. The molecule has 3 heteroatoms. The third kappa shape index (κ3) is 2.60. The van der Waals surface area contributed by atoms with E-state index < -0.39 is 0 Å². The normalized spacial score (nSPS) is 19.3. The Morgan fingerprint density at radius 3 is 2.67 bits per heavy atom. The summed E-state index contributed by atoms with van der Waals surface area (Å²) in [7, 11) is 0. The molecule has 15 heavy (non-hydrogen) atoms. The quantitative estimate of drug-likeness (QED) is 0.913. The van der Waals surface area contributed by atoms with Crippen LogP contribution in [0.15, 0.2) is 28.7 Å². The minimum atomic E-state index is 0.394. The van der Waals surface area contributed by atoms with Crippen molar-refractivity contribution in [2.75, 3.05) is 19.6 Å². The molecule has 1 saturated heterocycles. The first-order valence-corrected chi connectivity index (χ1v) is 6.30. The minimum absolute atomic E-state index is 0.394. The van der Waals surface area contributed by atoms with Crippen molar-refractivity contribution in [2.24, 2.45) is 5.73 Å². The summed E-state index contributed by atoms with van der Waals surface area (Å²) in [6, 6.07) is 8.88. The van der Waals surface area contributed by atoms with E-state index >= 15 is 0 Å². The molecule has 1 aliphatic heterocycles. The predicted octanol–water partition coefficient (Wildman–Crippen LogP) is 2.54. The lowest BCUT2D eigenvalue weighted by atomic mass is 10.1. The van der Waals surface area contributed by atoms with E-state index in [1.807, 2.05) is 0 Å². The van der Waals surface area contributed by atoms with E-state index in [2.05, 4.69) is 45.1 Å². The fraction of sp³-hybridized carbons (Fsp3) is 0.500. The van der Waals surface area contributed by atoms with Gasteiger partial charge in [-0.25, -0.2) is 0 Å². The van der Waals surface area contributed by atoms with Crippen molar-refractivity contribution in [1.82, 2.24) is 4.90 Å². The molecule has 82 valence electrons. The molecule has 1 aromatic carbocycles. The van der Waals surface area contributed by atoms with Crippen LogP contribution in [-0.2, 0) is 0 Å². The van der Waals surface area contributed by atoms with Crippen LogP contribution in [0.2, 0.25) is 0 Å². The van der Waals surface area contributed by atoms with Crippen LogP contribution >= 0.6 is 15.9 Å². The smallest absolute Gasteiger partial charge is 0.0470 e. The molecule has 2 rings (SSSR count). The summed E-state index contributed by atoms with van der Waals surface area (Å²) < 4.78 is 1.14. The third-order valence-electron chi connectivity index (χ3n) is 3.04. The van der Waals surface area contributed by atoms with Crippen LogP contribution in [0.25, 0.3) is 0 Å². The summed E-state index contributed by atoms with van der Waals surface area (Å²) in [5, 5.41) is 0. The molecular weight excluding hydrogens is 252 g/mol. The molecule has 0 radical (unpaired) electrons. The molecular formula is C12H17BrN2. The SMILES string of the molecule is NCC(c1cccc(Br)c1)N1CCCC1. The fourth-order valence-corrected chi connectivity index (χ4v) is 2.68. The Kier molecular flexibility index (Phi) is 3.78. The zero-order valence-electron chi connectivity index (χ0n) is 8.82. The number of halogens is 1. The van der Waals surface area contributed by atoms with Crippen molar-refractivity contribution in [1.29, 1.82) is 0 Å². The maximum atomic E-state index is 5.88. The van der Waals surface area contributed by atoms with Crippen molar-refractivity contribution >= 4 is 15.9 Å². The van der Waals surface area contributed by atoms with Crippen LogP contribution in [-0.4, -0.2) is 24.5 Å². The second-order valence-electron chi connectivity index (χ2n) is 4.05. The van der Waals surface area contributed by atoms with E-state index in [0.29, 0.717) is 12.6 Å². The van der Waals surface area contributed by atoms with Crippen molar-refractivity contribution in [3.63, 3.8) is 0 Å². The van der Waals surface area contributed by atoms with Gasteiger partial charge >= 0.3 is 0 Å². The first-order chi connectivity index (χ1) is 7.31. The van der Waals surface area contributed by atoms with Crippen molar-refractivity contribution < 1.29 is 0 Å². The van der Waals surface area contributed by atoms with Gasteiger partial charge in [0.2, 0.25) is 0 Å². The van der Waals surface area contributed by atoms with E-state index in [4.69, 9.17) is 5.73 Å². The summed E-state index contributed by atoms with van der Waals surface area (Å²) >= 11 is 3.51. The maximum absolute atomic E-state index is 5.88. The van der Waals surface area contributed by atoms with Gasteiger partial charge in [0, 0.05) is 17.1 Å². The van der Waals surface area contributed by atoms with Crippen LogP contribution in [0.5, 0.6) is 0 Å². The maximum Gasteiger partial charge on any atom is 0.0470 e. The summed E-state index contributed by atoms with van der Waals surface area (Å²) in [6.07, 6.45) is 2.62. The van der Waals surface area contributed by atoms with Gasteiger partial charge in [0.1, 0.15) is 0 Å². The topological polar surface area (TPSA) is 29.3 Å². The molecule has 0 saturated carbocycles. The zero-order valence-corrected chi connectivity index (χ0v) is 10.4. The monoisotopic (exact) mass is 268 g/mol. The van der Waals surface area contributed by atoms with Crippen LogP contribution in [0.4, 0.5) is 0 Å². The van der Waals surface area contributed by atoms with E-state index in [0.717, 1.165) is 4.47 Å². The lowest BCUT2D eigenvalue weighted by molar-refractivity contribution is 0.251. The van der Waals surface area contributed by atoms with Gasteiger partial charge < -0.3 is 5.73 Å². The van der Waals surface area contributed by atoms with Gasteiger partial charge in [0.15, 0.2) is 0 Å². The van der Waals surface area contributed by atoms with E-state index in [9.17, 15) is 0 Å². The molecule has 1 fully saturated rings. The number of benzene rings is 1. The molecule has 0 spiro atoms. The highest BCUT2D eigenvalue weighted by Gasteiger charge is 2.21. The summed E-state index contributed by atoms with van der Waals surface area (Å²) in [6.45, 7) is 3.08. The average molecular weight is 269 g/mol. The second kappa shape index (κ2) is 5.10. The van der Waals surface area contributed by atoms with E-state index in [-0.39, 0.29) is 0 Å². The van der Waals surface area contributed by atoms with Gasteiger partial charge in [0.05, 0.1) is 0 Å². The molecule has 0 amide bonds. The summed E-state index contributed by atoms with van der Waals surface area (Å²) in [5.41, 5.74) is 7.21. The van der Waals surface area contributed by atoms with Crippen LogP contribution in [0.3, 0.4) is 0 Å². The Morgan fingerprint density at radius 2 is 2.07 bits per heavy atom. The number of hydrogen-bond acceptors (Lipinski definition) is 2. The van der Waals surface area contributed by atoms with Gasteiger partial charge in [-0.05, 0) is 43.6 Å². The van der Waals surface area contributed by atoms with Crippen LogP contribution in [0, 0.1) is 0 Å². The molecule has 1 unspecified atom stereocenters. The highest BCUT2D eigenvalue weighted by molar-refractivity contribution is 9.10. The van der Waals surface area contributed by atoms with Crippen molar-refractivity contribution in [2.45, 2.75) is 18.9 Å². The summed E-state index contributed by atoms with van der Waals surface area (Å²) in [4.78, 5) is 2.49. The Labute approximate surface area is 99.6 Å². The van der Waals surface area contributed by atoms with Crippen LogP contribution in [0.1, 0.15) is 24.4 Å². The zero-order chi connectivity index (χ0) is 10.7. The van der Waals surface area contributed by atoms with Gasteiger partial charge in [-0.2, -0.15) is 0 Å². The number of nitrogens with two attached hydrogens (primary N) is 1. The van der Waals surface area contributed by atoms with Crippen molar-refractivity contribution in [3.05, 3.63) is 34.3 Å². The molecule has 1 aromatic rings. The van der Waals surface area contributed by atoms with Crippen LogP contribution < -0.4 is 5.73 Å².